The van der Waals surface area contributed by atoms with Crippen LogP contribution in [-0.4, -0.2) is 20.6 Å². The molecule has 1 aliphatic heterocycles. The Balaban J connectivity index is 2.17. The van der Waals surface area contributed by atoms with Crippen LogP contribution < -0.4 is 5.32 Å². The van der Waals surface area contributed by atoms with E-state index in [2.05, 4.69) is 10.3 Å². The molecule has 2 N–H and O–H groups in total. The molecule has 5 nitrogen and oxygen atoms in total. The molecule has 1 amide bonds. The van der Waals surface area contributed by atoms with Gasteiger partial charge in [-0.1, -0.05) is 18.2 Å². The second-order valence-electron chi connectivity index (χ2n) is 4.30. The van der Waals surface area contributed by atoms with Crippen LogP contribution in [0.3, 0.4) is 0 Å². The third-order valence-corrected chi connectivity index (χ3v) is 3.26. The fourth-order valence-corrected chi connectivity index (χ4v) is 2.22. The fraction of sp³-hybridized carbons (Fsp3) is 0.231. The highest BCUT2D eigenvalue weighted by molar-refractivity contribution is 6.06. The molecule has 0 saturated carbocycles. The molecule has 0 radical (unpaired) electrons. The van der Waals surface area contributed by atoms with E-state index in [1.807, 2.05) is 17.6 Å². The maximum Gasteiger partial charge on any atom is 0.267 e. The van der Waals surface area contributed by atoms with Crippen LogP contribution in [-0.2, 0) is 16.9 Å². The highest BCUT2D eigenvalue weighted by Gasteiger charge is 2.48. The van der Waals surface area contributed by atoms with Crippen molar-refractivity contribution in [2.24, 2.45) is 0 Å². The van der Waals surface area contributed by atoms with Crippen molar-refractivity contribution >= 4 is 11.6 Å². The van der Waals surface area contributed by atoms with E-state index in [1.165, 1.54) is 0 Å². The number of hydrogen-bond donors (Lipinski definition) is 2. The highest BCUT2D eigenvalue weighted by atomic mass is 16.3. The lowest BCUT2D eigenvalue weighted by molar-refractivity contribution is -0.130. The summed E-state index contributed by atoms with van der Waals surface area (Å²) in [6, 6.07) is 7.11. The van der Waals surface area contributed by atoms with Crippen LogP contribution in [0.25, 0.3) is 0 Å². The number of nitrogens with one attached hydrogen (secondary N) is 1. The molecule has 1 aromatic heterocycles. The maximum atomic E-state index is 12.0. The lowest BCUT2D eigenvalue weighted by Crippen LogP contribution is -2.35. The molecule has 3 rings (SSSR count). The van der Waals surface area contributed by atoms with Crippen molar-refractivity contribution in [1.82, 2.24) is 9.55 Å². The molecule has 0 fully saturated rings. The molecule has 5 heteroatoms. The molecule has 2 heterocycles. The lowest BCUT2D eigenvalue weighted by Gasteiger charge is -2.18. The van der Waals surface area contributed by atoms with Crippen LogP contribution in [0.15, 0.2) is 36.8 Å². The zero-order valence-electron chi connectivity index (χ0n) is 9.92. The Morgan fingerprint density at radius 1 is 1.44 bits per heavy atom. The fourth-order valence-electron chi connectivity index (χ4n) is 2.22. The quantitative estimate of drug-likeness (QED) is 0.829. The van der Waals surface area contributed by atoms with Gasteiger partial charge in [-0.15, -0.1) is 0 Å². The van der Waals surface area contributed by atoms with Gasteiger partial charge in [-0.05, 0) is 13.0 Å². The Morgan fingerprint density at radius 3 is 2.94 bits per heavy atom. The third-order valence-electron chi connectivity index (χ3n) is 3.26. The third kappa shape index (κ3) is 1.31. The number of para-hydroxylation sites is 1. The number of carbonyl (C=O) groups is 1. The van der Waals surface area contributed by atoms with E-state index in [4.69, 9.17) is 0 Å². The van der Waals surface area contributed by atoms with Gasteiger partial charge in [0.15, 0.2) is 0 Å². The number of imidazole rings is 1. The average Bonchev–Trinajstić information content (AvgIpc) is 2.95. The standard InChI is InChI=1S/C13H13N3O2/c1-2-16-7-11(14-8-16)13(18)9-5-3-4-6-10(9)15-12(13)17/h3-8,18H,2H2,1H3,(H,15,17). The first-order valence-corrected chi connectivity index (χ1v) is 5.82. The largest absolute Gasteiger partial charge is 0.370 e. The second kappa shape index (κ2) is 3.68. The number of aliphatic hydroxyl groups is 1. The number of anilines is 1. The van der Waals surface area contributed by atoms with Gasteiger partial charge in [0.25, 0.3) is 5.91 Å². The van der Waals surface area contributed by atoms with Gasteiger partial charge >= 0.3 is 0 Å². The summed E-state index contributed by atoms with van der Waals surface area (Å²) in [4.78, 5) is 16.2. The van der Waals surface area contributed by atoms with Crippen molar-refractivity contribution in [3.8, 4) is 0 Å². The summed E-state index contributed by atoms with van der Waals surface area (Å²) in [6.07, 6.45) is 3.31. The number of aromatic nitrogens is 2. The molecule has 1 atom stereocenters. The topological polar surface area (TPSA) is 67.1 Å². The Morgan fingerprint density at radius 2 is 2.22 bits per heavy atom. The number of rotatable bonds is 2. The van der Waals surface area contributed by atoms with Gasteiger partial charge in [0, 0.05) is 24.0 Å². The molecular formula is C13H13N3O2. The summed E-state index contributed by atoms with van der Waals surface area (Å²) < 4.78 is 1.82. The van der Waals surface area contributed by atoms with Crippen LogP contribution in [0.2, 0.25) is 0 Å². The van der Waals surface area contributed by atoms with Crippen molar-refractivity contribution in [3.05, 3.63) is 48.0 Å². The van der Waals surface area contributed by atoms with Gasteiger partial charge in [-0.3, -0.25) is 4.79 Å². The number of carbonyl (C=O) groups excluding carboxylic acids is 1. The van der Waals surface area contributed by atoms with Crippen molar-refractivity contribution in [1.29, 1.82) is 0 Å². The first kappa shape index (κ1) is 11.0. The maximum absolute atomic E-state index is 12.0. The number of fused-ring (bicyclic) bond motifs is 1. The Hall–Kier alpha value is -2.14. The lowest BCUT2D eigenvalue weighted by atomic mass is 9.92. The predicted octanol–water partition coefficient (Wildman–Crippen LogP) is 1.09. The van der Waals surface area contributed by atoms with E-state index in [0.29, 0.717) is 16.9 Å². The summed E-state index contributed by atoms with van der Waals surface area (Å²) in [5.41, 5.74) is -0.143. The predicted molar refractivity (Wildman–Crippen MR) is 66.0 cm³/mol. The van der Waals surface area contributed by atoms with Crippen molar-refractivity contribution < 1.29 is 9.90 Å². The molecular weight excluding hydrogens is 230 g/mol. The monoisotopic (exact) mass is 243 g/mol. The first-order valence-electron chi connectivity index (χ1n) is 5.82. The molecule has 2 aromatic rings. The Bertz CT molecular complexity index is 620. The van der Waals surface area contributed by atoms with E-state index < -0.39 is 11.5 Å². The van der Waals surface area contributed by atoms with E-state index in [1.54, 1.807) is 30.7 Å². The van der Waals surface area contributed by atoms with Gasteiger partial charge in [-0.2, -0.15) is 0 Å². The average molecular weight is 243 g/mol. The zero-order chi connectivity index (χ0) is 12.8. The minimum absolute atomic E-state index is 0.354. The molecule has 1 aromatic carbocycles. The number of nitrogens with zero attached hydrogens (tertiary/aromatic N) is 2. The zero-order valence-corrected chi connectivity index (χ0v) is 9.92. The van der Waals surface area contributed by atoms with E-state index >= 15 is 0 Å². The van der Waals surface area contributed by atoms with Crippen LogP contribution in [0.4, 0.5) is 5.69 Å². The number of benzene rings is 1. The van der Waals surface area contributed by atoms with Gasteiger partial charge in [0.1, 0.15) is 5.69 Å². The van der Waals surface area contributed by atoms with Crippen molar-refractivity contribution in [2.45, 2.75) is 19.1 Å². The van der Waals surface area contributed by atoms with Crippen LogP contribution in [0.1, 0.15) is 18.2 Å². The number of amides is 1. The van der Waals surface area contributed by atoms with E-state index in [0.717, 1.165) is 6.54 Å². The minimum Gasteiger partial charge on any atom is -0.370 e. The number of aryl methyl sites for hydroxylation is 1. The minimum atomic E-state index is -1.68. The molecule has 92 valence electrons. The second-order valence-corrected chi connectivity index (χ2v) is 4.30. The first-order chi connectivity index (χ1) is 8.66. The molecule has 0 bridgehead atoms. The summed E-state index contributed by atoms with van der Waals surface area (Å²) in [7, 11) is 0. The molecule has 18 heavy (non-hydrogen) atoms. The molecule has 1 aliphatic rings. The molecule has 0 saturated heterocycles. The Labute approximate surface area is 104 Å². The van der Waals surface area contributed by atoms with Gasteiger partial charge in [0.05, 0.1) is 6.33 Å². The van der Waals surface area contributed by atoms with Crippen LogP contribution in [0.5, 0.6) is 0 Å². The van der Waals surface area contributed by atoms with Crippen molar-refractivity contribution in [2.75, 3.05) is 5.32 Å². The summed E-state index contributed by atoms with van der Waals surface area (Å²) in [5.74, 6) is -0.454. The van der Waals surface area contributed by atoms with Crippen LogP contribution >= 0.6 is 0 Å². The van der Waals surface area contributed by atoms with Gasteiger partial charge in [0.2, 0.25) is 5.60 Å². The normalized spacial score (nSPS) is 21.8. The van der Waals surface area contributed by atoms with Crippen LogP contribution in [0, 0.1) is 0 Å². The van der Waals surface area contributed by atoms with Gasteiger partial charge in [-0.25, -0.2) is 4.98 Å². The SMILES string of the molecule is CCn1cnc(C2(O)C(=O)Nc3ccccc32)c1. The molecule has 1 unspecified atom stereocenters. The molecule has 0 aliphatic carbocycles. The van der Waals surface area contributed by atoms with E-state index in [-0.39, 0.29) is 0 Å². The Kier molecular flexibility index (Phi) is 2.24. The molecule has 0 spiro atoms. The summed E-state index contributed by atoms with van der Waals surface area (Å²) in [6.45, 7) is 2.71. The highest BCUT2D eigenvalue weighted by Crippen LogP contribution is 2.39. The number of hydrogen-bond acceptors (Lipinski definition) is 3. The summed E-state index contributed by atoms with van der Waals surface area (Å²) >= 11 is 0. The summed E-state index contributed by atoms with van der Waals surface area (Å²) in [5, 5.41) is 13.4. The van der Waals surface area contributed by atoms with Crippen molar-refractivity contribution in [3.63, 3.8) is 0 Å². The van der Waals surface area contributed by atoms with E-state index in [9.17, 15) is 9.90 Å². The van der Waals surface area contributed by atoms with Gasteiger partial charge < -0.3 is 15.0 Å². The smallest absolute Gasteiger partial charge is 0.267 e.